The number of unbranched alkanes of at least 4 members (excludes halogenated alkanes) is 45. The number of carbonyl (C=O) groups excluding carboxylic acids is 3. The van der Waals surface area contributed by atoms with Crippen LogP contribution in [0.3, 0.4) is 0 Å². The molecule has 1 unspecified atom stereocenters. The van der Waals surface area contributed by atoms with Crippen molar-refractivity contribution in [2.24, 2.45) is 0 Å². The summed E-state index contributed by atoms with van der Waals surface area (Å²) in [6, 6.07) is 0. The van der Waals surface area contributed by atoms with E-state index >= 15 is 0 Å². The highest BCUT2D eigenvalue weighted by Crippen LogP contribution is 2.18. The molecule has 0 fully saturated rings. The third-order valence-electron chi connectivity index (χ3n) is 14.3. The predicted octanol–water partition coefficient (Wildman–Crippen LogP) is 20.9. The SMILES string of the molecule is CCCCCCCCCC/C=C\CCCCCCCCCCCCCCCCCCCCCC(=O)OCC(COC(=O)CCCCCCCCCC)OC(=O)CCCCCCCCCCCCCC. The van der Waals surface area contributed by atoms with Crippen LogP contribution in [-0.2, 0) is 28.6 Å². The van der Waals surface area contributed by atoms with E-state index in [4.69, 9.17) is 14.2 Å². The van der Waals surface area contributed by atoms with Gasteiger partial charge in [0.2, 0.25) is 0 Å². The Morgan fingerprint density at radius 3 is 0.725 bits per heavy atom. The Morgan fingerprint density at radius 1 is 0.275 bits per heavy atom. The van der Waals surface area contributed by atoms with Crippen LogP contribution in [0.1, 0.15) is 355 Å². The van der Waals surface area contributed by atoms with Gasteiger partial charge in [-0.3, -0.25) is 14.4 Å². The lowest BCUT2D eigenvalue weighted by Crippen LogP contribution is -2.30. The summed E-state index contributed by atoms with van der Waals surface area (Å²) >= 11 is 0. The zero-order valence-corrected chi connectivity index (χ0v) is 46.9. The maximum atomic E-state index is 12.8. The molecule has 0 aliphatic rings. The fourth-order valence-electron chi connectivity index (χ4n) is 9.56. The van der Waals surface area contributed by atoms with Crippen molar-refractivity contribution < 1.29 is 28.6 Å². The van der Waals surface area contributed by atoms with Crippen molar-refractivity contribution in [2.75, 3.05) is 13.2 Å². The lowest BCUT2D eigenvalue weighted by atomic mass is 10.0. The lowest BCUT2D eigenvalue weighted by Gasteiger charge is -2.18. The maximum absolute atomic E-state index is 12.8. The summed E-state index contributed by atoms with van der Waals surface area (Å²) in [5.74, 6) is -0.845. The van der Waals surface area contributed by atoms with E-state index in [1.165, 1.54) is 257 Å². The summed E-state index contributed by atoms with van der Waals surface area (Å²) in [5.41, 5.74) is 0. The van der Waals surface area contributed by atoms with Gasteiger partial charge in [-0.25, -0.2) is 0 Å². The van der Waals surface area contributed by atoms with Crippen molar-refractivity contribution in [3.63, 3.8) is 0 Å². The molecule has 0 aromatic rings. The first-order valence-electron chi connectivity index (χ1n) is 31.2. The highest BCUT2D eigenvalue weighted by Gasteiger charge is 2.19. The Labute approximate surface area is 431 Å². The first kappa shape index (κ1) is 67.1. The van der Waals surface area contributed by atoms with Crippen LogP contribution in [0.5, 0.6) is 0 Å². The molecule has 0 heterocycles. The zero-order chi connectivity index (χ0) is 50.0. The molecule has 0 amide bonds. The van der Waals surface area contributed by atoms with Gasteiger partial charge in [0.15, 0.2) is 6.10 Å². The van der Waals surface area contributed by atoms with Crippen LogP contribution in [0.15, 0.2) is 12.2 Å². The minimum atomic E-state index is -0.761. The Bertz CT molecular complexity index is 1070. The van der Waals surface area contributed by atoms with Crippen LogP contribution in [0.25, 0.3) is 0 Å². The summed E-state index contributed by atoms with van der Waals surface area (Å²) in [4.78, 5) is 37.9. The molecular formula is C63H120O6. The topological polar surface area (TPSA) is 78.9 Å². The van der Waals surface area contributed by atoms with Gasteiger partial charge in [0.05, 0.1) is 0 Å². The van der Waals surface area contributed by atoms with Gasteiger partial charge in [-0.15, -0.1) is 0 Å². The number of allylic oxidation sites excluding steroid dienone is 2. The third kappa shape index (κ3) is 56.9. The van der Waals surface area contributed by atoms with Gasteiger partial charge in [0, 0.05) is 19.3 Å². The van der Waals surface area contributed by atoms with Crippen LogP contribution in [0, 0.1) is 0 Å². The number of ether oxygens (including phenoxy) is 3. The van der Waals surface area contributed by atoms with E-state index in [2.05, 4.69) is 32.9 Å². The standard InChI is InChI=1S/C63H120O6/c1-4-7-10-13-16-19-21-23-24-25-26-27-28-29-30-31-32-33-34-35-36-37-38-39-40-41-43-44-47-50-53-56-62(65)68-59-60(58-67-61(64)55-52-49-46-18-15-12-9-6-3)69-63(66)57-54-51-48-45-42-22-20-17-14-11-8-5-2/h25-26,60H,4-24,27-59H2,1-3H3/b26-25-. The van der Waals surface area contributed by atoms with Crippen molar-refractivity contribution in [3.8, 4) is 0 Å². The van der Waals surface area contributed by atoms with Gasteiger partial charge < -0.3 is 14.2 Å². The Balaban J connectivity index is 3.95. The van der Waals surface area contributed by atoms with Crippen molar-refractivity contribution in [2.45, 2.75) is 361 Å². The number of esters is 3. The summed E-state index contributed by atoms with van der Waals surface area (Å²) in [7, 11) is 0. The van der Waals surface area contributed by atoms with E-state index < -0.39 is 6.10 Å². The van der Waals surface area contributed by atoms with Crippen LogP contribution < -0.4 is 0 Å². The number of rotatable bonds is 58. The first-order chi connectivity index (χ1) is 34.0. The largest absolute Gasteiger partial charge is 0.462 e. The molecule has 0 rings (SSSR count). The normalized spacial score (nSPS) is 12.0. The average Bonchev–Trinajstić information content (AvgIpc) is 3.35. The van der Waals surface area contributed by atoms with Gasteiger partial charge >= 0.3 is 17.9 Å². The van der Waals surface area contributed by atoms with Crippen LogP contribution in [-0.4, -0.2) is 37.2 Å². The fraction of sp³-hybridized carbons (Fsp3) is 0.921. The van der Waals surface area contributed by atoms with E-state index in [-0.39, 0.29) is 31.1 Å². The molecule has 0 aromatic heterocycles. The fourth-order valence-corrected chi connectivity index (χ4v) is 9.56. The molecule has 0 radical (unpaired) electrons. The van der Waals surface area contributed by atoms with Crippen molar-refractivity contribution in [3.05, 3.63) is 12.2 Å². The number of hydrogen-bond donors (Lipinski definition) is 0. The second kappa shape index (κ2) is 58.7. The molecule has 0 N–H and O–H groups in total. The molecule has 0 aromatic carbocycles. The molecule has 0 spiro atoms. The molecule has 6 heteroatoms. The maximum Gasteiger partial charge on any atom is 0.306 e. The van der Waals surface area contributed by atoms with E-state index in [9.17, 15) is 14.4 Å². The predicted molar refractivity (Wildman–Crippen MR) is 298 cm³/mol. The minimum absolute atomic E-state index is 0.0634. The van der Waals surface area contributed by atoms with E-state index in [1.807, 2.05) is 0 Å². The molecule has 0 aliphatic carbocycles. The number of hydrogen-bond acceptors (Lipinski definition) is 6. The van der Waals surface area contributed by atoms with Crippen molar-refractivity contribution >= 4 is 17.9 Å². The molecule has 0 bridgehead atoms. The quantitative estimate of drug-likeness (QED) is 0.0261. The van der Waals surface area contributed by atoms with Gasteiger partial charge in [-0.1, -0.05) is 303 Å². The van der Waals surface area contributed by atoms with Gasteiger partial charge in [0.1, 0.15) is 13.2 Å². The summed E-state index contributed by atoms with van der Waals surface area (Å²) in [6.07, 6.45) is 68.3. The summed E-state index contributed by atoms with van der Waals surface area (Å²) in [6.45, 7) is 6.66. The summed E-state index contributed by atoms with van der Waals surface area (Å²) in [5, 5.41) is 0. The average molecular weight is 974 g/mol. The molecule has 6 nitrogen and oxygen atoms in total. The molecule has 1 atom stereocenters. The van der Waals surface area contributed by atoms with Crippen molar-refractivity contribution in [1.29, 1.82) is 0 Å². The minimum Gasteiger partial charge on any atom is -0.462 e. The highest BCUT2D eigenvalue weighted by molar-refractivity contribution is 5.71. The molecular weight excluding hydrogens is 853 g/mol. The van der Waals surface area contributed by atoms with Crippen LogP contribution in [0.2, 0.25) is 0 Å². The van der Waals surface area contributed by atoms with Gasteiger partial charge in [-0.05, 0) is 44.9 Å². The Hall–Kier alpha value is -1.85. The molecule has 0 saturated heterocycles. The Morgan fingerprint density at radius 2 is 0.478 bits per heavy atom. The van der Waals surface area contributed by atoms with Gasteiger partial charge in [-0.2, -0.15) is 0 Å². The van der Waals surface area contributed by atoms with Crippen LogP contribution >= 0.6 is 0 Å². The van der Waals surface area contributed by atoms with E-state index in [0.717, 1.165) is 57.8 Å². The first-order valence-corrected chi connectivity index (χ1v) is 31.2. The second-order valence-corrected chi connectivity index (χ2v) is 21.3. The Kier molecular flexibility index (Phi) is 57.1. The smallest absolute Gasteiger partial charge is 0.306 e. The summed E-state index contributed by atoms with van der Waals surface area (Å²) < 4.78 is 16.8. The highest BCUT2D eigenvalue weighted by atomic mass is 16.6. The van der Waals surface area contributed by atoms with E-state index in [0.29, 0.717) is 19.3 Å². The molecule has 408 valence electrons. The molecule has 0 aliphatic heterocycles. The monoisotopic (exact) mass is 973 g/mol. The molecule has 69 heavy (non-hydrogen) atoms. The van der Waals surface area contributed by atoms with Crippen molar-refractivity contribution in [1.82, 2.24) is 0 Å². The number of carbonyl (C=O) groups is 3. The zero-order valence-electron chi connectivity index (χ0n) is 46.9. The van der Waals surface area contributed by atoms with E-state index in [1.54, 1.807) is 0 Å². The second-order valence-electron chi connectivity index (χ2n) is 21.3. The lowest BCUT2D eigenvalue weighted by molar-refractivity contribution is -0.167. The van der Waals surface area contributed by atoms with Crippen LogP contribution in [0.4, 0.5) is 0 Å². The van der Waals surface area contributed by atoms with Gasteiger partial charge in [0.25, 0.3) is 0 Å². The molecule has 0 saturated carbocycles. The third-order valence-corrected chi connectivity index (χ3v) is 14.3.